The lowest BCUT2D eigenvalue weighted by Gasteiger charge is -2.36. The van der Waals surface area contributed by atoms with Gasteiger partial charge in [0.1, 0.15) is 0 Å². The molecule has 0 radical (unpaired) electrons. The molecule has 2 amide bonds. The fourth-order valence-corrected chi connectivity index (χ4v) is 3.41. The highest BCUT2D eigenvalue weighted by atomic mass is 16.2. The summed E-state index contributed by atoms with van der Waals surface area (Å²) in [6, 6.07) is 8.04. The Morgan fingerprint density at radius 3 is 2.44 bits per heavy atom. The van der Waals surface area contributed by atoms with Crippen LogP contribution in [-0.4, -0.2) is 73.9 Å². The fraction of sp³-hybridized carbons (Fsp3) is 0.500. The number of aliphatic imine (C=N–C) groups is 1. The Labute approximate surface area is 148 Å². The number of guanidine groups is 1. The predicted octanol–water partition coefficient (Wildman–Crippen LogP) is 0.315. The molecule has 0 aromatic heterocycles. The molecule has 0 atom stereocenters. The molecular weight excluding hydrogens is 318 g/mol. The van der Waals surface area contributed by atoms with E-state index in [-0.39, 0.29) is 18.4 Å². The van der Waals surface area contributed by atoms with Gasteiger partial charge in [0.05, 0.1) is 6.54 Å². The van der Waals surface area contributed by atoms with E-state index in [0.717, 1.165) is 31.7 Å². The molecule has 0 aliphatic carbocycles. The Bertz CT molecular complexity index is 680. The van der Waals surface area contributed by atoms with Crippen LogP contribution in [0.2, 0.25) is 0 Å². The van der Waals surface area contributed by atoms with Gasteiger partial charge in [-0.15, -0.1) is 0 Å². The molecule has 1 fully saturated rings. The Balaban J connectivity index is 1.54. The maximum absolute atomic E-state index is 12.6. The van der Waals surface area contributed by atoms with E-state index in [0.29, 0.717) is 19.0 Å². The summed E-state index contributed by atoms with van der Waals surface area (Å²) >= 11 is 0. The second-order valence-corrected chi connectivity index (χ2v) is 6.32. The third-order valence-electron chi connectivity index (χ3n) is 4.82. The molecular formula is C18H25N5O2. The van der Waals surface area contributed by atoms with Gasteiger partial charge in [-0.1, -0.05) is 18.2 Å². The SMILES string of the molecule is CN=C(NCC(=O)N1CCc2ccccc21)N1CCN(C(C)=O)CC1. The normalized spacial score (nSPS) is 17.5. The van der Waals surface area contributed by atoms with E-state index < -0.39 is 0 Å². The number of carbonyl (C=O) groups is 2. The van der Waals surface area contributed by atoms with Crippen LogP contribution in [0, 0.1) is 0 Å². The minimum atomic E-state index is 0.0495. The minimum Gasteiger partial charge on any atom is -0.347 e. The molecule has 7 nitrogen and oxygen atoms in total. The number of benzene rings is 1. The second kappa shape index (κ2) is 7.55. The second-order valence-electron chi connectivity index (χ2n) is 6.32. The first-order chi connectivity index (χ1) is 12.1. The van der Waals surface area contributed by atoms with Crippen LogP contribution < -0.4 is 10.2 Å². The summed E-state index contributed by atoms with van der Waals surface area (Å²) in [6.45, 7) is 5.35. The number of carbonyl (C=O) groups excluding carboxylic acids is 2. The molecule has 134 valence electrons. The van der Waals surface area contributed by atoms with E-state index in [4.69, 9.17) is 0 Å². The molecule has 7 heteroatoms. The maximum Gasteiger partial charge on any atom is 0.246 e. The molecule has 25 heavy (non-hydrogen) atoms. The van der Waals surface area contributed by atoms with E-state index in [2.05, 4.69) is 21.3 Å². The van der Waals surface area contributed by atoms with Crippen LogP contribution in [0.1, 0.15) is 12.5 Å². The van der Waals surface area contributed by atoms with Gasteiger partial charge in [0, 0.05) is 52.4 Å². The van der Waals surface area contributed by atoms with Gasteiger partial charge in [-0.25, -0.2) is 0 Å². The monoisotopic (exact) mass is 343 g/mol. The zero-order chi connectivity index (χ0) is 17.8. The molecule has 2 aliphatic rings. The van der Waals surface area contributed by atoms with Crippen molar-refractivity contribution in [1.29, 1.82) is 0 Å². The number of anilines is 1. The summed E-state index contributed by atoms with van der Waals surface area (Å²) in [6.07, 6.45) is 0.906. The van der Waals surface area contributed by atoms with Crippen molar-refractivity contribution in [3.8, 4) is 0 Å². The van der Waals surface area contributed by atoms with Crippen LogP contribution in [0.3, 0.4) is 0 Å². The maximum atomic E-state index is 12.6. The van der Waals surface area contributed by atoms with Gasteiger partial charge < -0.3 is 20.0 Å². The van der Waals surface area contributed by atoms with E-state index in [1.165, 1.54) is 5.56 Å². The highest BCUT2D eigenvalue weighted by molar-refractivity contribution is 5.98. The number of para-hydroxylation sites is 1. The fourth-order valence-electron chi connectivity index (χ4n) is 3.41. The summed E-state index contributed by atoms with van der Waals surface area (Å²) in [7, 11) is 1.72. The summed E-state index contributed by atoms with van der Waals surface area (Å²) in [5.74, 6) is 0.864. The molecule has 2 heterocycles. The van der Waals surface area contributed by atoms with Gasteiger partial charge in [-0.3, -0.25) is 14.6 Å². The van der Waals surface area contributed by atoms with Crippen LogP contribution in [0.5, 0.6) is 0 Å². The lowest BCUT2D eigenvalue weighted by molar-refractivity contribution is -0.130. The molecule has 3 rings (SSSR count). The zero-order valence-corrected chi connectivity index (χ0v) is 14.9. The first-order valence-corrected chi connectivity index (χ1v) is 8.69. The van der Waals surface area contributed by atoms with Gasteiger partial charge >= 0.3 is 0 Å². The van der Waals surface area contributed by atoms with Crippen molar-refractivity contribution in [3.63, 3.8) is 0 Å². The van der Waals surface area contributed by atoms with E-state index in [1.54, 1.807) is 14.0 Å². The molecule has 2 aliphatic heterocycles. The van der Waals surface area contributed by atoms with Crippen molar-refractivity contribution >= 4 is 23.5 Å². The smallest absolute Gasteiger partial charge is 0.246 e. The van der Waals surface area contributed by atoms with Gasteiger partial charge in [-0.2, -0.15) is 0 Å². The van der Waals surface area contributed by atoms with Gasteiger partial charge in [-0.05, 0) is 18.1 Å². The summed E-state index contributed by atoms with van der Waals surface area (Å²) < 4.78 is 0. The third kappa shape index (κ3) is 3.75. The van der Waals surface area contributed by atoms with E-state index >= 15 is 0 Å². The van der Waals surface area contributed by atoms with Crippen LogP contribution >= 0.6 is 0 Å². The first-order valence-electron chi connectivity index (χ1n) is 8.69. The van der Waals surface area contributed by atoms with Gasteiger partial charge in [0.15, 0.2) is 5.96 Å². The topological polar surface area (TPSA) is 68.2 Å². The van der Waals surface area contributed by atoms with Crippen LogP contribution in [-0.2, 0) is 16.0 Å². The first kappa shape index (κ1) is 17.3. The number of nitrogens with one attached hydrogen (secondary N) is 1. The van der Waals surface area contributed by atoms with Crippen molar-refractivity contribution in [2.75, 3.05) is 51.2 Å². The Morgan fingerprint density at radius 1 is 1.08 bits per heavy atom. The lowest BCUT2D eigenvalue weighted by Crippen LogP contribution is -2.54. The molecule has 0 spiro atoms. The Kier molecular flexibility index (Phi) is 5.21. The molecule has 0 unspecified atom stereocenters. The molecule has 1 saturated heterocycles. The van der Waals surface area contributed by atoms with Crippen molar-refractivity contribution in [2.24, 2.45) is 4.99 Å². The molecule has 0 bridgehead atoms. The average Bonchev–Trinajstić information content (AvgIpc) is 3.06. The standard InChI is InChI=1S/C18H25N5O2/c1-14(24)21-9-11-22(12-10-21)18(19-2)20-13-17(25)23-8-7-15-5-3-4-6-16(15)23/h3-6H,7-13H2,1-2H3,(H,19,20). The number of amides is 2. The molecule has 1 aromatic rings. The lowest BCUT2D eigenvalue weighted by atomic mass is 10.2. The minimum absolute atomic E-state index is 0.0495. The van der Waals surface area contributed by atoms with Gasteiger partial charge in [0.25, 0.3) is 0 Å². The zero-order valence-electron chi connectivity index (χ0n) is 14.9. The number of nitrogens with zero attached hydrogens (tertiary/aromatic N) is 4. The van der Waals surface area contributed by atoms with Crippen LogP contribution in [0.4, 0.5) is 5.69 Å². The number of hydrogen-bond acceptors (Lipinski definition) is 3. The average molecular weight is 343 g/mol. The van der Waals surface area contributed by atoms with E-state index in [9.17, 15) is 9.59 Å². The van der Waals surface area contributed by atoms with Crippen LogP contribution in [0.15, 0.2) is 29.3 Å². The summed E-state index contributed by atoms with van der Waals surface area (Å²) in [5.41, 5.74) is 2.24. The molecule has 1 N–H and O–H groups in total. The van der Waals surface area contributed by atoms with Crippen molar-refractivity contribution < 1.29 is 9.59 Å². The highest BCUT2D eigenvalue weighted by Gasteiger charge is 2.25. The molecule has 0 saturated carbocycles. The Morgan fingerprint density at radius 2 is 1.76 bits per heavy atom. The summed E-state index contributed by atoms with van der Waals surface area (Å²) in [5, 5.41) is 3.17. The predicted molar refractivity (Wildman–Crippen MR) is 97.7 cm³/mol. The quantitative estimate of drug-likeness (QED) is 0.620. The Hall–Kier alpha value is -2.57. The van der Waals surface area contributed by atoms with Gasteiger partial charge in [0.2, 0.25) is 11.8 Å². The van der Waals surface area contributed by atoms with Crippen molar-refractivity contribution in [2.45, 2.75) is 13.3 Å². The number of hydrogen-bond donors (Lipinski definition) is 1. The van der Waals surface area contributed by atoms with E-state index in [1.807, 2.05) is 28.0 Å². The van der Waals surface area contributed by atoms with Crippen molar-refractivity contribution in [1.82, 2.24) is 15.1 Å². The molecule has 1 aromatic carbocycles. The van der Waals surface area contributed by atoms with Crippen molar-refractivity contribution in [3.05, 3.63) is 29.8 Å². The third-order valence-corrected chi connectivity index (χ3v) is 4.82. The van der Waals surface area contributed by atoms with Crippen LogP contribution in [0.25, 0.3) is 0 Å². The number of piperazine rings is 1. The number of rotatable bonds is 2. The number of fused-ring (bicyclic) bond motifs is 1. The highest BCUT2D eigenvalue weighted by Crippen LogP contribution is 2.27. The summed E-state index contributed by atoms with van der Waals surface area (Å²) in [4.78, 5) is 34.0. The largest absolute Gasteiger partial charge is 0.347 e.